The molecule has 0 unspecified atom stereocenters. The van der Waals surface area contributed by atoms with Crippen LogP contribution in [0.1, 0.15) is 43.0 Å². The second kappa shape index (κ2) is 12.7. The van der Waals surface area contributed by atoms with E-state index in [9.17, 15) is 9.59 Å². The van der Waals surface area contributed by atoms with Crippen molar-refractivity contribution in [3.63, 3.8) is 0 Å². The fourth-order valence-corrected chi connectivity index (χ4v) is 4.96. The van der Waals surface area contributed by atoms with E-state index in [2.05, 4.69) is 20.8 Å². The second-order valence-electron chi connectivity index (χ2n) is 7.99. The van der Waals surface area contributed by atoms with E-state index in [-0.39, 0.29) is 33.5 Å². The summed E-state index contributed by atoms with van der Waals surface area (Å²) in [5, 5.41) is 16.4. The summed E-state index contributed by atoms with van der Waals surface area (Å²) in [6, 6.07) is 7.21. The van der Waals surface area contributed by atoms with Gasteiger partial charge in [-0.1, -0.05) is 83.6 Å². The molecule has 2 amide bonds. The summed E-state index contributed by atoms with van der Waals surface area (Å²) in [5.41, 5.74) is 0.740. The first-order valence-electron chi connectivity index (χ1n) is 10.8. The Labute approximate surface area is 238 Å². The number of amides is 2. The zero-order valence-corrected chi connectivity index (χ0v) is 24.0. The quantitative estimate of drug-likeness (QED) is 0.195. The third-order valence-electron chi connectivity index (χ3n) is 5.09. The number of halogens is 5. The van der Waals surface area contributed by atoms with Crippen LogP contribution in [0.3, 0.4) is 0 Å². The monoisotopic (exact) mass is 607 g/mol. The van der Waals surface area contributed by atoms with Crippen LogP contribution in [0.4, 0.5) is 5.69 Å². The third-order valence-corrected chi connectivity index (χ3v) is 7.83. The van der Waals surface area contributed by atoms with Crippen molar-refractivity contribution in [2.24, 2.45) is 5.92 Å². The van der Waals surface area contributed by atoms with Crippen LogP contribution >= 0.6 is 69.8 Å². The minimum Gasteiger partial charge on any atom is -0.342 e. The largest absolute Gasteiger partial charge is 0.342 e. The number of rotatable bonds is 9. The van der Waals surface area contributed by atoms with Crippen LogP contribution in [-0.2, 0) is 11.3 Å². The predicted octanol–water partition coefficient (Wildman–Crippen LogP) is 7.42. The van der Waals surface area contributed by atoms with Gasteiger partial charge in [0.15, 0.2) is 11.0 Å². The number of anilines is 1. The first-order chi connectivity index (χ1) is 17.0. The Bertz CT molecular complexity index is 1280. The van der Waals surface area contributed by atoms with Crippen molar-refractivity contribution < 1.29 is 9.59 Å². The lowest BCUT2D eigenvalue weighted by Crippen LogP contribution is -2.33. The molecular weight excluding hydrogens is 588 g/mol. The van der Waals surface area contributed by atoms with E-state index in [4.69, 9.17) is 58.0 Å². The highest BCUT2D eigenvalue weighted by Crippen LogP contribution is 2.33. The molecule has 0 aliphatic rings. The Balaban J connectivity index is 1.73. The van der Waals surface area contributed by atoms with E-state index < -0.39 is 6.04 Å². The van der Waals surface area contributed by atoms with Gasteiger partial charge in [-0.05, 0) is 43.2 Å². The van der Waals surface area contributed by atoms with E-state index in [1.54, 1.807) is 12.1 Å². The normalized spacial score (nSPS) is 12.0. The van der Waals surface area contributed by atoms with Crippen LogP contribution in [0.15, 0.2) is 35.5 Å². The summed E-state index contributed by atoms with van der Waals surface area (Å²) < 4.78 is 1.86. The Morgan fingerprint density at radius 1 is 0.944 bits per heavy atom. The van der Waals surface area contributed by atoms with Gasteiger partial charge < -0.3 is 15.2 Å². The van der Waals surface area contributed by atoms with E-state index >= 15 is 0 Å². The lowest BCUT2D eigenvalue weighted by Gasteiger charge is -2.22. The number of nitrogens with zero attached hydrogens (tertiary/aromatic N) is 3. The number of carbonyl (C=O) groups excluding carboxylic acids is 2. The van der Waals surface area contributed by atoms with Crippen LogP contribution in [0, 0.1) is 5.92 Å². The van der Waals surface area contributed by atoms with E-state index in [1.165, 1.54) is 30.0 Å². The standard InChI is InChI=1S/C23H22Cl5N5O2S/c1-4-33-21(20(11(2)3)30-22(35)12-5-6-13(24)14(25)7-12)31-32-23(33)36-10-19(34)29-18-9-16(27)15(26)8-17(18)28/h5-9,11,20H,4,10H2,1-3H3,(H,29,34)(H,30,35)/t20-/m0/s1. The van der Waals surface area contributed by atoms with Gasteiger partial charge in [0.1, 0.15) is 0 Å². The number of benzene rings is 2. The second-order valence-corrected chi connectivity index (χ2v) is 11.0. The van der Waals surface area contributed by atoms with Crippen LogP contribution in [-0.4, -0.2) is 32.3 Å². The van der Waals surface area contributed by atoms with Crippen molar-refractivity contribution in [3.8, 4) is 0 Å². The molecule has 36 heavy (non-hydrogen) atoms. The molecule has 0 saturated heterocycles. The molecule has 0 aliphatic heterocycles. The van der Waals surface area contributed by atoms with Gasteiger partial charge in [-0.15, -0.1) is 10.2 Å². The van der Waals surface area contributed by atoms with Gasteiger partial charge in [-0.3, -0.25) is 9.59 Å². The first-order valence-corrected chi connectivity index (χ1v) is 13.7. The molecule has 2 aromatic carbocycles. The van der Waals surface area contributed by atoms with E-state index in [1.807, 2.05) is 25.3 Å². The SMILES string of the molecule is CCn1c(SCC(=O)Nc2cc(Cl)c(Cl)cc2Cl)nnc1[C@@H](NC(=O)c1ccc(Cl)c(Cl)c1)C(C)C. The molecule has 1 heterocycles. The highest BCUT2D eigenvalue weighted by Gasteiger charge is 2.26. The molecule has 7 nitrogen and oxygen atoms in total. The Morgan fingerprint density at radius 2 is 1.61 bits per heavy atom. The van der Waals surface area contributed by atoms with Crippen LogP contribution < -0.4 is 10.6 Å². The van der Waals surface area contributed by atoms with Gasteiger partial charge >= 0.3 is 0 Å². The summed E-state index contributed by atoms with van der Waals surface area (Å²) in [5.74, 6) is 0.0165. The Kier molecular flexibility index (Phi) is 10.2. The predicted molar refractivity (Wildman–Crippen MR) is 148 cm³/mol. The topological polar surface area (TPSA) is 88.9 Å². The highest BCUT2D eigenvalue weighted by molar-refractivity contribution is 7.99. The van der Waals surface area contributed by atoms with Gasteiger partial charge in [0.25, 0.3) is 5.91 Å². The first kappa shape index (κ1) is 28.9. The number of hydrogen-bond acceptors (Lipinski definition) is 5. The molecule has 3 aromatic rings. The number of carbonyl (C=O) groups is 2. The zero-order chi connectivity index (χ0) is 26.6. The minimum atomic E-state index is -0.433. The number of nitrogens with one attached hydrogen (secondary N) is 2. The number of aromatic nitrogens is 3. The highest BCUT2D eigenvalue weighted by atomic mass is 35.5. The summed E-state index contributed by atoms with van der Waals surface area (Å²) in [7, 11) is 0. The summed E-state index contributed by atoms with van der Waals surface area (Å²) in [6.45, 7) is 6.41. The molecule has 0 aliphatic carbocycles. The van der Waals surface area contributed by atoms with Gasteiger partial charge in [0.05, 0.1) is 42.6 Å². The summed E-state index contributed by atoms with van der Waals surface area (Å²) in [4.78, 5) is 25.4. The molecule has 0 fully saturated rings. The van der Waals surface area contributed by atoms with Gasteiger partial charge in [-0.25, -0.2) is 0 Å². The fourth-order valence-electron chi connectivity index (χ4n) is 3.26. The molecule has 0 spiro atoms. The van der Waals surface area contributed by atoms with Crippen molar-refractivity contribution in [3.05, 3.63) is 66.8 Å². The summed E-state index contributed by atoms with van der Waals surface area (Å²) in [6.07, 6.45) is 0. The molecule has 0 saturated carbocycles. The summed E-state index contributed by atoms with van der Waals surface area (Å²) >= 11 is 31.3. The molecule has 13 heteroatoms. The molecule has 2 N–H and O–H groups in total. The van der Waals surface area contributed by atoms with Gasteiger partial charge in [0, 0.05) is 12.1 Å². The van der Waals surface area contributed by atoms with Crippen molar-refractivity contribution in [1.82, 2.24) is 20.1 Å². The molecule has 0 radical (unpaired) electrons. The zero-order valence-electron chi connectivity index (χ0n) is 19.4. The maximum Gasteiger partial charge on any atom is 0.251 e. The molecule has 1 atom stereocenters. The third kappa shape index (κ3) is 7.00. The fraction of sp³-hybridized carbons (Fsp3) is 0.304. The molecular formula is C23H22Cl5N5O2S. The molecule has 1 aromatic heterocycles. The van der Waals surface area contributed by atoms with Crippen molar-refractivity contribution in [2.75, 3.05) is 11.1 Å². The maximum atomic E-state index is 12.9. The van der Waals surface area contributed by atoms with E-state index in [0.717, 1.165) is 0 Å². The van der Waals surface area contributed by atoms with Crippen molar-refractivity contribution in [1.29, 1.82) is 0 Å². The molecule has 192 valence electrons. The molecule has 0 bridgehead atoms. The maximum absolute atomic E-state index is 12.9. The Hall–Kier alpha value is -1.68. The van der Waals surface area contributed by atoms with Gasteiger partial charge in [0.2, 0.25) is 5.91 Å². The molecule has 3 rings (SSSR count). The van der Waals surface area contributed by atoms with Crippen LogP contribution in [0.5, 0.6) is 0 Å². The minimum absolute atomic E-state index is 0.00386. The lowest BCUT2D eigenvalue weighted by atomic mass is 10.0. The lowest BCUT2D eigenvalue weighted by molar-refractivity contribution is -0.113. The smallest absolute Gasteiger partial charge is 0.251 e. The van der Waals surface area contributed by atoms with Crippen molar-refractivity contribution >= 4 is 87.3 Å². The number of thioether (sulfide) groups is 1. The Morgan fingerprint density at radius 3 is 2.25 bits per heavy atom. The van der Waals surface area contributed by atoms with Crippen LogP contribution in [0.2, 0.25) is 25.1 Å². The van der Waals surface area contributed by atoms with Gasteiger partial charge in [-0.2, -0.15) is 0 Å². The average Bonchev–Trinajstić information content (AvgIpc) is 3.23. The average molecular weight is 610 g/mol. The van der Waals surface area contributed by atoms with Crippen LogP contribution in [0.25, 0.3) is 0 Å². The van der Waals surface area contributed by atoms with Crippen molar-refractivity contribution in [2.45, 2.75) is 38.5 Å². The number of hydrogen-bond donors (Lipinski definition) is 2. The van der Waals surface area contributed by atoms with E-state index in [0.29, 0.717) is 43.8 Å².